The lowest BCUT2D eigenvalue weighted by atomic mass is 10.4. The first-order valence-electron chi connectivity index (χ1n) is 6.83. The van der Waals surface area contributed by atoms with Gasteiger partial charge in [0.1, 0.15) is 11.5 Å². The van der Waals surface area contributed by atoms with Gasteiger partial charge in [-0.3, -0.25) is 0 Å². The van der Waals surface area contributed by atoms with Gasteiger partial charge < -0.3 is 14.3 Å². The Morgan fingerprint density at radius 2 is 2.05 bits per heavy atom. The van der Waals surface area contributed by atoms with Crippen molar-refractivity contribution in [2.24, 2.45) is 7.05 Å². The van der Waals surface area contributed by atoms with Gasteiger partial charge in [-0.1, -0.05) is 6.92 Å². The number of aryl methyl sites for hydroxylation is 2. The highest BCUT2D eigenvalue weighted by atomic mass is 32.2. The number of nitrogens with zero attached hydrogens (tertiary/aromatic N) is 1. The van der Waals surface area contributed by atoms with Crippen LogP contribution in [0.2, 0.25) is 0 Å². The Hall–Kier alpha value is -1.57. The zero-order chi connectivity index (χ0) is 15.5. The topological polar surface area (TPSA) is 76.3 Å². The smallest absolute Gasteiger partial charge is 0.242 e. The fourth-order valence-electron chi connectivity index (χ4n) is 1.98. The molecule has 6 nitrogen and oxygen atoms in total. The first-order valence-corrected chi connectivity index (χ1v) is 8.31. The summed E-state index contributed by atoms with van der Waals surface area (Å²) < 4.78 is 34.2. The first kappa shape index (κ1) is 15.8. The molecular weight excluding hydrogens is 290 g/mol. The molecule has 0 atom stereocenters. The lowest BCUT2D eigenvalue weighted by Crippen LogP contribution is -2.22. The van der Waals surface area contributed by atoms with E-state index in [0.717, 1.165) is 18.0 Å². The maximum atomic E-state index is 12.3. The number of rotatable bonds is 7. The minimum absolute atomic E-state index is 0.146. The molecule has 2 N–H and O–H groups in total. The Balaban J connectivity index is 2.08. The molecule has 0 saturated carbocycles. The fourth-order valence-corrected chi connectivity index (χ4v) is 3.07. The van der Waals surface area contributed by atoms with Crippen LogP contribution in [0.25, 0.3) is 0 Å². The van der Waals surface area contributed by atoms with Crippen LogP contribution in [-0.4, -0.2) is 19.5 Å². The Bertz CT molecular complexity index is 701. The summed E-state index contributed by atoms with van der Waals surface area (Å²) in [5.41, 5.74) is 0.922. The highest BCUT2D eigenvalue weighted by Crippen LogP contribution is 2.14. The number of aromatic nitrogens is 1. The van der Waals surface area contributed by atoms with Crippen molar-refractivity contribution in [1.82, 2.24) is 14.6 Å². The lowest BCUT2D eigenvalue weighted by molar-refractivity contribution is 0.475. The Kier molecular flexibility index (Phi) is 4.87. The maximum Gasteiger partial charge on any atom is 0.242 e. The summed E-state index contributed by atoms with van der Waals surface area (Å²) >= 11 is 0. The van der Waals surface area contributed by atoms with Crippen molar-refractivity contribution in [1.29, 1.82) is 0 Å². The average Bonchev–Trinajstić information content (AvgIpc) is 3.01. The zero-order valence-electron chi connectivity index (χ0n) is 12.5. The summed E-state index contributed by atoms with van der Waals surface area (Å²) in [6.07, 6.45) is 1.61. The third kappa shape index (κ3) is 3.96. The van der Waals surface area contributed by atoms with E-state index < -0.39 is 10.0 Å². The van der Waals surface area contributed by atoms with Crippen molar-refractivity contribution >= 4 is 10.0 Å². The molecule has 0 spiro atoms. The van der Waals surface area contributed by atoms with E-state index in [1.807, 2.05) is 25.5 Å². The molecular formula is C14H21N3O3S. The molecule has 0 unspecified atom stereocenters. The monoisotopic (exact) mass is 311 g/mol. The largest absolute Gasteiger partial charge is 0.465 e. The van der Waals surface area contributed by atoms with E-state index in [4.69, 9.17) is 4.42 Å². The predicted octanol–water partition coefficient (Wildman–Crippen LogP) is 1.51. The van der Waals surface area contributed by atoms with Crippen LogP contribution in [-0.2, 0) is 30.2 Å². The Labute approximate surface area is 125 Å². The van der Waals surface area contributed by atoms with Crippen molar-refractivity contribution in [2.45, 2.75) is 31.8 Å². The molecule has 0 fully saturated rings. The van der Waals surface area contributed by atoms with Crippen LogP contribution in [0.3, 0.4) is 0 Å². The van der Waals surface area contributed by atoms with Crippen molar-refractivity contribution in [3.8, 4) is 0 Å². The van der Waals surface area contributed by atoms with E-state index in [9.17, 15) is 8.42 Å². The van der Waals surface area contributed by atoms with Gasteiger partial charge in [-0.05, 0) is 31.7 Å². The molecule has 0 aliphatic rings. The summed E-state index contributed by atoms with van der Waals surface area (Å²) in [5.74, 6) is 1.36. The third-order valence-corrected chi connectivity index (χ3v) is 4.55. The fraction of sp³-hybridized carbons (Fsp3) is 0.429. The van der Waals surface area contributed by atoms with E-state index in [1.165, 1.54) is 0 Å². The standard InChI is InChI=1S/C14H21N3O3S/c1-4-15-8-12-7-14(10-17(12)3)21(18,19)16-9-13-6-5-11(2)20-13/h5-7,10,15-16H,4,8-9H2,1-3H3. The second-order valence-corrected chi connectivity index (χ2v) is 6.66. The summed E-state index contributed by atoms with van der Waals surface area (Å²) in [4.78, 5) is 0.265. The second-order valence-electron chi connectivity index (χ2n) is 4.90. The van der Waals surface area contributed by atoms with Crippen molar-refractivity contribution in [3.05, 3.63) is 41.6 Å². The highest BCUT2D eigenvalue weighted by molar-refractivity contribution is 7.89. The molecule has 2 rings (SSSR count). The molecule has 2 aromatic heterocycles. The van der Waals surface area contributed by atoms with Crippen LogP contribution in [0.5, 0.6) is 0 Å². The number of hydrogen-bond acceptors (Lipinski definition) is 4. The van der Waals surface area contributed by atoms with Crippen LogP contribution in [0.1, 0.15) is 24.1 Å². The Morgan fingerprint density at radius 1 is 1.29 bits per heavy atom. The van der Waals surface area contributed by atoms with Gasteiger partial charge in [-0.2, -0.15) is 0 Å². The lowest BCUT2D eigenvalue weighted by Gasteiger charge is -2.02. The SMILES string of the molecule is CCNCc1cc(S(=O)(=O)NCc2ccc(C)o2)cn1C. The summed E-state index contributed by atoms with van der Waals surface area (Å²) in [6, 6.07) is 5.25. The number of furan rings is 1. The van der Waals surface area contributed by atoms with Crippen LogP contribution in [0.15, 0.2) is 33.7 Å². The molecule has 7 heteroatoms. The second kappa shape index (κ2) is 6.46. The quantitative estimate of drug-likeness (QED) is 0.813. The molecule has 0 aromatic carbocycles. The molecule has 116 valence electrons. The molecule has 0 aliphatic carbocycles. The molecule has 2 heterocycles. The molecule has 21 heavy (non-hydrogen) atoms. The third-order valence-electron chi connectivity index (χ3n) is 3.18. The van der Waals surface area contributed by atoms with Gasteiger partial charge in [0, 0.05) is 25.5 Å². The van der Waals surface area contributed by atoms with Gasteiger partial charge in [0.15, 0.2) is 0 Å². The zero-order valence-corrected chi connectivity index (χ0v) is 13.3. The number of hydrogen-bond donors (Lipinski definition) is 2. The van der Waals surface area contributed by atoms with Crippen molar-refractivity contribution in [2.75, 3.05) is 6.54 Å². The minimum atomic E-state index is -3.53. The molecule has 0 amide bonds. The molecule has 0 bridgehead atoms. The van der Waals surface area contributed by atoms with Crippen molar-refractivity contribution < 1.29 is 12.8 Å². The molecule has 2 aromatic rings. The van der Waals surface area contributed by atoms with Crippen LogP contribution < -0.4 is 10.0 Å². The molecule has 0 radical (unpaired) electrons. The maximum absolute atomic E-state index is 12.3. The van der Waals surface area contributed by atoms with Gasteiger partial charge >= 0.3 is 0 Å². The summed E-state index contributed by atoms with van der Waals surface area (Å²) in [5, 5.41) is 3.18. The highest BCUT2D eigenvalue weighted by Gasteiger charge is 2.17. The Morgan fingerprint density at radius 3 is 2.67 bits per heavy atom. The molecule has 0 saturated heterocycles. The van der Waals surface area contributed by atoms with Gasteiger partial charge in [0.2, 0.25) is 10.0 Å². The minimum Gasteiger partial charge on any atom is -0.465 e. The van der Waals surface area contributed by atoms with E-state index >= 15 is 0 Å². The number of sulfonamides is 1. The van der Waals surface area contributed by atoms with Gasteiger partial charge in [-0.15, -0.1) is 0 Å². The normalized spacial score (nSPS) is 12.0. The van der Waals surface area contributed by atoms with Crippen LogP contribution in [0, 0.1) is 6.92 Å². The van der Waals surface area contributed by atoms with Gasteiger partial charge in [0.05, 0.1) is 11.4 Å². The first-order chi connectivity index (χ1) is 9.92. The molecule has 0 aliphatic heterocycles. The van der Waals surface area contributed by atoms with E-state index in [0.29, 0.717) is 12.3 Å². The summed E-state index contributed by atoms with van der Waals surface area (Å²) in [6.45, 7) is 5.45. The average molecular weight is 311 g/mol. The summed E-state index contributed by atoms with van der Waals surface area (Å²) in [7, 11) is -1.70. The van der Waals surface area contributed by atoms with Gasteiger partial charge in [-0.25, -0.2) is 13.1 Å². The number of nitrogens with one attached hydrogen (secondary N) is 2. The van der Waals surface area contributed by atoms with E-state index in [2.05, 4.69) is 10.0 Å². The van der Waals surface area contributed by atoms with E-state index in [-0.39, 0.29) is 11.4 Å². The van der Waals surface area contributed by atoms with Gasteiger partial charge in [0.25, 0.3) is 0 Å². The van der Waals surface area contributed by atoms with Crippen LogP contribution >= 0.6 is 0 Å². The van der Waals surface area contributed by atoms with Crippen LogP contribution in [0.4, 0.5) is 0 Å². The van der Waals surface area contributed by atoms with Crippen molar-refractivity contribution in [3.63, 3.8) is 0 Å². The van der Waals surface area contributed by atoms with E-state index in [1.54, 1.807) is 24.4 Å². The predicted molar refractivity (Wildman–Crippen MR) is 80.3 cm³/mol.